The molecule has 3 rings (SSSR count). The molecule has 0 radical (unpaired) electrons. The molecule has 1 amide bonds. The molecule has 0 aliphatic heterocycles. The number of nitrogens with one attached hydrogen (secondary N) is 1. The molecule has 1 aliphatic rings. The monoisotopic (exact) mass is 401 g/mol. The van der Waals surface area contributed by atoms with Crippen molar-refractivity contribution in [2.24, 2.45) is 5.92 Å². The summed E-state index contributed by atoms with van der Waals surface area (Å²) in [5.41, 5.74) is 2.56. The van der Waals surface area contributed by atoms with Gasteiger partial charge in [-0.05, 0) is 62.3 Å². The number of hydrogen-bond donors (Lipinski definition) is 2. The molecule has 1 aromatic heterocycles. The third-order valence-corrected chi connectivity index (χ3v) is 5.63. The van der Waals surface area contributed by atoms with Crippen LogP contribution in [0.15, 0.2) is 21.3 Å². The molecule has 7 nitrogen and oxygen atoms in total. The molecule has 156 valence electrons. The summed E-state index contributed by atoms with van der Waals surface area (Å²) in [5.74, 6) is -1.30. The van der Waals surface area contributed by atoms with E-state index >= 15 is 0 Å². The van der Waals surface area contributed by atoms with Gasteiger partial charge >= 0.3 is 11.6 Å². The van der Waals surface area contributed by atoms with E-state index in [1.807, 2.05) is 19.9 Å². The molecule has 0 unspecified atom stereocenters. The Morgan fingerprint density at radius 2 is 1.93 bits per heavy atom. The summed E-state index contributed by atoms with van der Waals surface area (Å²) in [7, 11) is 0. The van der Waals surface area contributed by atoms with Crippen LogP contribution in [0.5, 0.6) is 5.75 Å². The van der Waals surface area contributed by atoms with Gasteiger partial charge < -0.3 is 19.6 Å². The smallest absolute Gasteiger partial charge is 0.339 e. The van der Waals surface area contributed by atoms with Crippen LogP contribution in [-0.4, -0.2) is 29.1 Å². The summed E-state index contributed by atoms with van der Waals surface area (Å²) in [6.07, 6.45) is 2.02. The number of carbonyl (C=O) groups is 2. The highest BCUT2D eigenvalue weighted by atomic mass is 16.5. The highest BCUT2D eigenvalue weighted by Gasteiger charge is 2.29. The summed E-state index contributed by atoms with van der Waals surface area (Å²) in [4.78, 5) is 36.3. The molecular weight excluding hydrogens is 374 g/mol. The van der Waals surface area contributed by atoms with E-state index in [9.17, 15) is 19.5 Å². The SMILES string of the molecule is CC[C@H](C)[C@H](NC(=O)[C@H](C)Oc1cc(C)cc2oc(=O)c3c(c12)CCC3)C(=O)O. The van der Waals surface area contributed by atoms with E-state index in [1.54, 1.807) is 19.9 Å². The lowest BCUT2D eigenvalue weighted by molar-refractivity contribution is -0.144. The minimum absolute atomic E-state index is 0.207. The van der Waals surface area contributed by atoms with Crippen LogP contribution in [-0.2, 0) is 22.4 Å². The first-order valence-electron chi connectivity index (χ1n) is 10.0. The van der Waals surface area contributed by atoms with Crippen LogP contribution in [0.2, 0.25) is 0 Å². The van der Waals surface area contributed by atoms with Crippen LogP contribution in [0.25, 0.3) is 11.0 Å². The fourth-order valence-electron chi connectivity index (χ4n) is 3.80. The minimum atomic E-state index is -1.07. The molecule has 29 heavy (non-hydrogen) atoms. The van der Waals surface area contributed by atoms with Gasteiger partial charge in [-0.15, -0.1) is 0 Å². The summed E-state index contributed by atoms with van der Waals surface area (Å²) in [6.45, 7) is 7.09. The average Bonchev–Trinajstić information content (AvgIpc) is 3.14. The molecule has 2 N–H and O–H groups in total. The predicted molar refractivity (Wildman–Crippen MR) is 108 cm³/mol. The third kappa shape index (κ3) is 4.13. The lowest BCUT2D eigenvalue weighted by atomic mass is 9.99. The molecule has 7 heteroatoms. The Balaban J connectivity index is 1.91. The molecule has 1 aromatic carbocycles. The lowest BCUT2D eigenvalue weighted by Crippen LogP contribution is -2.49. The predicted octanol–water partition coefficient (Wildman–Crippen LogP) is 2.97. The number of amides is 1. The Morgan fingerprint density at radius 1 is 1.24 bits per heavy atom. The maximum atomic E-state index is 12.6. The van der Waals surface area contributed by atoms with E-state index < -0.39 is 24.0 Å². The second-order valence-electron chi connectivity index (χ2n) is 7.81. The van der Waals surface area contributed by atoms with Crippen LogP contribution in [0.3, 0.4) is 0 Å². The molecule has 1 aliphatic carbocycles. The number of fused-ring (bicyclic) bond motifs is 3. The van der Waals surface area contributed by atoms with Gasteiger partial charge in [0.15, 0.2) is 6.10 Å². The second kappa shape index (κ2) is 8.27. The van der Waals surface area contributed by atoms with E-state index in [0.29, 0.717) is 29.7 Å². The number of hydrogen-bond acceptors (Lipinski definition) is 5. The molecular formula is C22H27NO6. The van der Waals surface area contributed by atoms with Crippen LogP contribution >= 0.6 is 0 Å². The Kier molecular flexibility index (Phi) is 5.96. The van der Waals surface area contributed by atoms with Crippen molar-refractivity contribution in [3.63, 3.8) is 0 Å². The topological polar surface area (TPSA) is 106 Å². The van der Waals surface area contributed by atoms with Gasteiger partial charge in [0.25, 0.3) is 5.91 Å². The van der Waals surface area contributed by atoms with Crippen molar-refractivity contribution >= 4 is 22.8 Å². The average molecular weight is 401 g/mol. The van der Waals surface area contributed by atoms with Crippen molar-refractivity contribution in [2.45, 2.75) is 65.5 Å². The maximum absolute atomic E-state index is 12.6. The molecule has 0 bridgehead atoms. The zero-order valence-corrected chi connectivity index (χ0v) is 17.2. The summed E-state index contributed by atoms with van der Waals surface area (Å²) >= 11 is 0. The minimum Gasteiger partial charge on any atom is -0.480 e. The van der Waals surface area contributed by atoms with Crippen molar-refractivity contribution in [3.05, 3.63) is 39.2 Å². The van der Waals surface area contributed by atoms with Gasteiger partial charge in [0.1, 0.15) is 17.4 Å². The van der Waals surface area contributed by atoms with Gasteiger partial charge in [-0.2, -0.15) is 0 Å². The first-order chi connectivity index (χ1) is 13.7. The van der Waals surface area contributed by atoms with Crippen molar-refractivity contribution in [2.75, 3.05) is 0 Å². The Morgan fingerprint density at radius 3 is 2.59 bits per heavy atom. The van der Waals surface area contributed by atoms with E-state index in [0.717, 1.165) is 29.4 Å². The van der Waals surface area contributed by atoms with Gasteiger partial charge in [-0.3, -0.25) is 4.79 Å². The first-order valence-corrected chi connectivity index (χ1v) is 10.0. The quantitative estimate of drug-likeness (QED) is 0.691. The molecule has 0 saturated heterocycles. The number of aryl methyl sites for hydroxylation is 2. The number of aliphatic carboxylic acids is 1. The highest BCUT2D eigenvalue weighted by Crippen LogP contribution is 2.35. The van der Waals surface area contributed by atoms with Gasteiger partial charge in [-0.1, -0.05) is 20.3 Å². The summed E-state index contributed by atoms with van der Waals surface area (Å²) in [6, 6.07) is 2.62. The summed E-state index contributed by atoms with van der Waals surface area (Å²) in [5, 5.41) is 12.7. The van der Waals surface area contributed by atoms with Crippen molar-refractivity contribution < 1.29 is 23.8 Å². The van der Waals surface area contributed by atoms with Crippen LogP contribution in [0.1, 0.15) is 50.3 Å². The molecule has 1 heterocycles. The number of carbonyl (C=O) groups excluding carboxylic acids is 1. The Hall–Kier alpha value is -2.83. The van der Waals surface area contributed by atoms with E-state index in [-0.39, 0.29) is 11.5 Å². The first kappa shape index (κ1) is 20.9. The van der Waals surface area contributed by atoms with Crippen LogP contribution < -0.4 is 15.7 Å². The zero-order valence-electron chi connectivity index (χ0n) is 17.2. The standard InChI is InChI=1S/C22H27NO6/c1-5-12(3)19(21(25)26)23-20(24)13(4)28-16-9-11(2)10-17-18(16)14-7-6-8-15(14)22(27)29-17/h9-10,12-13,19H,5-8H2,1-4H3,(H,23,24)(H,25,26)/t12-,13-,19-/m0/s1. The molecule has 3 atom stereocenters. The fourth-order valence-corrected chi connectivity index (χ4v) is 3.80. The number of carboxylic acids is 1. The number of benzene rings is 1. The maximum Gasteiger partial charge on any atom is 0.339 e. The van der Waals surface area contributed by atoms with E-state index in [2.05, 4.69) is 5.32 Å². The van der Waals surface area contributed by atoms with E-state index in [1.165, 1.54) is 0 Å². The van der Waals surface area contributed by atoms with Gasteiger partial charge in [0.05, 0.1) is 5.39 Å². The van der Waals surface area contributed by atoms with Crippen LogP contribution in [0.4, 0.5) is 0 Å². The van der Waals surface area contributed by atoms with Gasteiger partial charge in [-0.25, -0.2) is 9.59 Å². The third-order valence-electron chi connectivity index (χ3n) is 5.63. The molecule has 0 fully saturated rings. The number of rotatable bonds is 7. The van der Waals surface area contributed by atoms with Crippen molar-refractivity contribution in [1.82, 2.24) is 5.32 Å². The summed E-state index contributed by atoms with van der Waals surface area (Å²) < 4.78 is 11.5. The van der Waals surface area contributed by atoms with Crippen molar-refractivity contribution in [3.8, 4) is 5.75 Å². The Bertz CT molecular complexity index is 1010. The Labute approximate surface area is 169 Å². The fraction of sp³-hybridized carbons (Fsp3) is 0.500. The lowest BCUT2D eigenvalue weighted by Gasteiger charge is -2.23. The number of ether oxygens (including phenoxy) is 1. The molecule has 0 saturated carbocycles. The largest absolute Gasteiger partial charge is 0.480 e. The second-order valence-corrected chi connectivity index (χ2v) is 7.81. The van der Waals surface area contributed by atoms with Crippen LogP contribution in [0, 0.1) is 12.8 Å². The molecule has 2 aromatic rings. The number of carboxylic acid groups (broad SMARTS) is 1. The molecule has 0 spiro atoms. The van der Waals surface area contributed by atoms with E-state index in [4.69, 9.17) is 9.15 Å². The highest BCUT2D eigenvalue weighted by molar-refractivity contribution is 5.90. The normalized spacial score (nSPS) is 16.1. The zero-order chi connectivity index (χ0) is 21.3. The van der Waals surface area contributed by atoms with Gasteiger partial charge in [0, 0.05) is 5.56 Å². The van der Waals surface area contributed by atoms with Crippen molar-refractivity contribution in [1.29, 1.82) is 0 Å². The van der Waals surface area contributed by atoms with Gasteiger partial charge in [0.2, 0.25) is 0 Å².